The summed E-state index contributed by atoms with van der Waals surface area (Å²) in [6, 6.07) is 3.89. The summed E-state index contributed by atoms with van der Waals surface area (Å²) in [5.74, 6) is 1.33. The van der Waals surface area contributed by atoms with Crippen LogP contribution >= 0.6 is 11.6 Å². The minimum atomic E-state index is -2.82. The van der Waals surface area contributed by atoms with Crippen LogP contribution in [0.3, 0.4) is 0 Å². The molecule has 1 atom stereocenters. The number of nitrogens with one attached hydrogen (secondary N) is 1. The van der Waals surface area contributed by atoms with Crippen LogP contribution in [0.25, 0.3) is 0 Å². The zero-order valence-electron chi connectivity index (χ0n) is 11.8. The van der Waals surface area contributed by atoms with E-state index in [1.54, 1.807) is 0 Å². The fraction of sp³-hybridized carbons (Fsp3) is 0.571. The SMILES string of the molecule is Cc1cc(OCCNC2CCS(=O)(=O)C2)cc(C)c1Cl. The number of sulfone groups is 1. The van der Waals surface area contributed by atoms with E-state index in [1.165, 1.54) is 0 Å². The van der Waals surface area contributed by atoms with Crippen LogP contribution in [0.15, 0.2) is 12.1 Å². The van der Waals surface area contributed by atoms with Crippen LogP contribution in [0.4, 0.5) is 0 Å². The minimum Gasteiger partial charge on any atom is -0.492 e. The number of hydrogen-bond donors (Lipinski definition) is 1. The Labute approximate surface area is 125 Å². The highest BCUT2D eigenvalue weighted by atomic mass is 35.5. The second-order valence-corrected chi connectivity index (χ2v) is 7.88. The lowest BCUT2D eigenvalue weighted by molar-refractivity contribution is 0.307. The molecule has 1 N–H and O–H groups in total. The maximum Gasteiger partial charge on any atom is 0.151 e. The van der Waals surface area contributed by atoms with Crippen LogP contribution in [0.5, 0.6) is 5.75 Å². The van der Waals surface area contributed by atoms with E-state index in [0.29, 0.717) is 25.3 Å². The number of halogens is 1. The molecule has 0 aliphatic carbocycles. The first-order valence-corrected chi connectivity index (χ1v) is 8.91. The lowest BCUT2D eigenvalue weighted by atomic mass is 10.1. The topological polar surface area (TPSA) is 55.4 Å². The number of rotatable bonds is 5. The van der Waals surface area contributed by atoms with Gasteiger partial charge in [0.05, 0.1) is 11.5 Å². The van der Waals surface area contributed by atoms with E-state index in [-0.39, 0.29) is 11.8 Å². The molecule has 1 aromatic rings. The molecular formula is C14H20ClNO3S. The normalized spacial score (nSPS) is 21.1. The summed E-state index contributed by atoms with van der Waals surface area (Å²) < 4.78 is 28.3. The second kappa shape index (κ2) is 6.33. The molecule has 0 spiro atoms. The van der Waals surface area contributed by atoms with E-state index in [1.807, 2.05) is 26.0 Å². The van der Waals surface area contributed by atoms with Crippen molar-refractivity contribution in [2.24, 2.45) is 0 Å². The van der Waals surface area contributed by atoms with Crippen molar-refractivity contribution in [2.45, 2.75) is 26.3 Å². The molecule has 6 heteroatoms. The zero-order valence-corrected chi connectivity index (χ0v) is 13.4. The van der Waals surface area contributed by atoms with Gasteiger partial charge in [-0.05, 0) is 43.5 Å². The van der Waals surface area contributed by atoms with Crippen LogP contribution < -0.4 is 10.1 Å². The third kappa shape index (κ3) is 4.11. The molecule has 20 heavy (non-hydrogen) atoms. The van der Waals surface area contributed by atoms with E-state index in [2.05, 4.69) is 5.32 Å². The molecule has 0 aromatic heterocycles. The highest BCUT2D eigenvalue weighted by Crippen LogP contribution is 2.25. The fourth-order valence-corrected chi connectivity index (χ4v) is 4.19. The van der Waals surface area contributed by atoms with Gasteiger partial charge in [-0.25, -0.2) is 8.42 Å². The van der Waals surface area contributed by atoms with Gasteiger partial charge >= 0.3 is 0 Å². The van der Waals surface area contributed by atoms with Crippen LogP contribution in [-0.4, -0.2) is 39.1 Å². The van der Waals surface area contributed by atoms with E-state index in [0.717, 1.165) is 21.9 Å². The van der Waals surface area contributed by atoms with Crippen LogP contribution in [-0.2, 0) is 9.84 Å². The molecule has 1 fully saturated rings. The maximum absolute atomic E-state index is 11.3. The molecule has 112 valence electrons. The summed E-state index contributed by atoms with van der Waals surface area (Å²) in [7, 11) is -2.82. The van der Waals surface area contributed by atoms with Crippen molar-refractivity contribution in [3.63, 3.8) is 0 Å². The van der Waals surface area contributed by atoms with Crippen LogP contribution in [0.1, 0.15) is 17.5 Å². The summed E-state index contributed by atoms with van der Waals surface area (Å²) in [5, 5.41) is 3.99. The lowest BCUT2D eigenvalue weighted by Crippen LogP contribution is -2.33. The van der Waals surface area contributed by atoms with Gasteiger partial charge in [0, 0.05) is 17.6 Å². The van der Waals surface area contributed by atoms with Gasteiger partial charge in [-0.2, -0.15) is 0 Å². The summed E-state index contributed by atoms with van der Waals surface area (Å²) in [6.45, 7) is 5.05. The van der Waals surface area contributed by atoms with Crippen molar-refractivity contribution in [3.05, 3.63) is 28.3 Å². The van der Waals surface area contributed by atoms with Crippen molar-refractivity contribution in [1.29, 1.82) is 0 Å². The van der Waals surface area contributed by atoms with Crippen LogP contribution in [0, 0.1) is 13.8 Å². The molecule has 4 nitrogen and oxygen atoms in total. The summed E-state index contributed by atoms with van der Waals surface area (Å²) >= 11 is 6.10. The van der Waals surface area contributed by atoms with Gasteiger partial charge in [-0.15, -0.1) is 0 Å². The number of ether oxygens (including phenoxy) is 1. The first-order valence-electron chi connectivity index (χ1n) is 6.71. The van der Waals surface area contributed by atoms with E-state index in [4.69, 9.17) is 16.3 Å². The van der Waals surface area contributed by atoms with E-state index < -0.39 is 9.84 Å². The molecule has 1 aliphatic rings. The van der Waals surface area contributed by atoms with Crippen molar-refractivity contribution in [3.8, 4) is 5.75 Å². The Balaban J connectivity index is 1.77. The number of hydrogen-bond acceptors (Lipinski definition) is 4. The molecule has 0 amide bonds. The Kier molecular flexibility index (Phi) is 4.94. The largest absolute Gasteiger partial charge is 0.492 e. The molecule has 1 aliphatic heterocycles. The molecular weight excluding hydrogens is 298 g/mol. The van der Waals surface area contributed by atoms with Gasteiger partial charge in [-0.3, -0.25) is 0 Å². The minimum absolute atomic E-state index is 0.0669. The number of aryl methyl sites for hydroxylation is 2. The average molecular weight is 318 g/mol. The van der Waals surface area contributed by atoms with E-state index >= 15 is 0 Å². The van der Waals surface area contributed by atoms with Gasteiger partial charge in [0.25, 0.3) is 0 Å². The van der Waals surface area contributed by atoms with Crippen molar-refractivity contribution < 1.29 is 13.2 Å². The Bertz CT molecular complexity index is 563. The van der Waals surface area contributed by atoms with Crippen LogP contribution in [0.2, 0.25) is 5.02 Å². The Hall–Kier alpha value is -0.780. The summed E-state index contributed by atoms with van der Waals surface area (Å²) in [6.07, 6.45) is 0.696. The van der Waals surface area contributed by atoms with Crippen molar-refractivity contribution in [2.75, 3.05) is 24.7 Å². The van der Waals surface area contributed by atoms with Gasteiger partial charge in [-0.1, -0.05) is 11.6 Å². The monoisotopic (exact) mass is 317 g/mol. The molecule has 1 unspecified atom stereocenters. The third-order valence-electron chi connectivity index (χ3n) is 3.45. The molecule has 1 heterocycles. The maximum atomic E-state index is 11.3. The second-order valence-electron chi connectivity index (χ2n) is 5.27. The van der Waals surface area contributed by atoms with Crippen molar-refractivity contribution >= 4 is 21.4 Å². The molecule has 0 saturated carbocycles. The molecule has 1 saturated heterocycles. The lowest BCUT2D eigenvalue weighted by Gasteiger charge is -2.13. The Morgan fingerprint density at radius 1 is 1.35 bits per heavy atom. The third-order valence-corrected chi connectivity index (χ3v) is 5.81. The van der Waals surface area contributed by atoms with E-state index in [9.17, 15) is 8.42 Å². The van der Waals surface area contributed by atoms with Crippen molar-refractivity contribution in [1.82, 2.24) is 5.32 Å². The first-order chi connectivity index (χ1) is 9.37. The predicted molar refractivity (Wildman–Crippen MR) is 81.5 cm³/mol. The number of benzene rings is 1. The highest BCUT2D eigenvalue weighted by Gasteiger charge is 2.27. The molecule has 0 radical (unpaired) electrons. The first kappa shape index (κ1) is 15.6. The quantitative estimate of drug-likeness (QED) is 0.845. The summed E-state index contributed by atoms with van der Waals surface area (Å²) in [5.41, 5.74) is 1.99. The van der Waals surface area contributed by atoms with Gasteiger partial charge in [0.2, 0.25) is 0 Å². The molecule has 2 rings (SSSR count). The zero-order chi connectivity index (χ0) is 14.8. The highest BCUT2D eigenvalue weighted by molar-refractivity contribution is 7.91. The van der Waals surface area contributed by atoms with Gasteiger partial charge in [0.1, 0.15) is 12.4 Å². The molecule has 1 aromatic carbocycles. The predicted octanol–water partition coefficient (Wildman–Crippen LogP) is 2.11. The summed E-state index contributed by atoms with van der Waals surface area (Å²) in [4.78, 5) is 0. The average Bonchev–Trinajstić information content (AvgIpc) is 2.71. The Morgan fingerprint density at radius 2 is 2.00 bits per heavy atom. The smallest absolute Gasteiger partial charge is 0.151 e. The Morgan fingerprint density at radius 3 is 2.55 bits per heavy atom. The standard InChI is InChI=1S/C14H20ClNO3S/c1-10-7-13(8-11(2)14(10)15)19-5-4-16-12-3-6-20(17,18)9-12/h7-8,12,16H,3-6,9H2,1-2H3. The van der Waals surface area contributed by atoms with Gasteiger partial charge < -0.3 is 10.1 Å². The molecule has 0 bridgehead atoms. The fourth-order valence-electron chi connectivity index (χ4n) is 2.38. The van der Waals surface area contributed by atoms with Gasteiger partial charge in [0.15, 0.2) is 9.84 Å².